The van der Waals surface area contributed by atoms with Crippen LogP contribution in [0.4, 0.5) is 11.4 Å². The molecular weight excluding hydrogens is 322 g/mol. The van der Waals surface area contributed by atoms with E-state index in [-0.39, 0.29) is 11.8 Å². The zero-order valence-electron chi connectivity index (χ0n) is 10.3. The van der Waals surface area contributed by atoms with E-state index in [1.807, 2.05) is 0 Å². The molecule has 0 radical (unpaired) electrons. The summed E-state index contributed by atoms with van der Waals surface area (Å²) in [6.45, 7) is 0. The highest BCUT2D eigenvalue weighted by Gasteiger charge is 2.19. The lowest BCUT2D eigenvalue weighted by Gasteiger charge is -2.06. The highest BCUT2D eigenvalue weighted by Crippen LogP contribution is 2.24. The number of hydrogen-bond donors (Lipinski definition) is 2. The molecule has 1 aromatic carbocycles. The van der Waals surface area contributed by atoms with Gasteiger partial charge in [0.05, 0.1) is 18.3 Å². The molecule has 0 unspecified atom stereocenters. The van der Waals surface area contributed by atoms with Gasteiger partial charge in [-0.05, 0) is 51.8 Å². The molecule has 1 aromatic heterocycles. The smallest absolute Gasteiger partial charge is 0.255 e. The third-order valence-electron chi connectivity index (χ3n) is 2.98. The monoisotopic (exact) mass is 331 g/mol. The highest BCUT2D eigenvalue weighted by molar-refractivity contribution is 9.10. The third-order valence-corrected chi connectivity index (χ3v) is 3.45. The van der Waals surface area contributed by atoms with E-state index >= 15 is 0 Å². The second kappa shape index (κ2) is 5.05. The Kier molecular flexibility index (Phi) is 3.23. The van der Waals surface area contributed by atoms with Gasteiger partial charge < -0.3 is 10.6 Å². The molecule has 1 aliphatic heterocycles. The van der Waals surface area contributed by atoms with Crippen LogP contribution in [-0.4, -0.2) is 16.8 Å². The summed E-state index contributed by atoms with van der Waals surface area (Å²) in [7, 11) is 0. The van der Waals surface area contributed by atoms with Crippen molar-refractivity contribution >= 4 is 39.1 Å². The number of carbonyl (C=O) groups is 2. The first kappa shape index (κ1) is 12.8. The van der Waals surface area contributed by atoms with Gasteiger partial charge in [0.25, 0.3) is 5.91 Å². The lowest BCUT2D eigenvalue weighted by molar-refractivity contribution is -0.115. The quantitative estimate of drug-likeness (QED) is 0.831. The predicted octanol–water partition coefficient (Wildman–Crippen LogP) is 2.59. The van der Waals surface area contributed by atoms with Crippen molar-refractivity contribution in [3.8, 4) is 0 Å². The number of aromatic nitrogens is 1. The van der Waals surface area contributed by atoms with Crippen molar-refractivity contribution in [1.82, 2.24) is 4.98 Å². The lowest BCUT2D eigenvalue weighted by Crippen LogP contribution is -2.12. The van der Waals surface area contributed by atoms with Crippen LogP contribution in [-0.2, 0) is 11.2 Å². The maximum absolute atomic E-state index is 12.1. The number of benzene rings is 1. The van der Waals surface area contributed by atoms with Gasteiger partial charge in [0.2, 0.25) is 5.91 Å². The molecule has 0 aliphatic carbocycles. The molecule has 3 rings (SSSR count). The van der Waals surface area contributed by atoms with E-state index in [1.54, 1.807) is 36.5 Å². The molecule has 0 atom stereocenters. The van der Waals surface area contributed by atoms with Gasteiger partial charge >= 0.3 is 0 Å². The molecule has 0 saturated carbocycles. The van der Waals surface area contributed by atoms with Gasteiger partial charge in [0.1, 0.15) is 4.60 Å². The predicted molar refractivity (Wildman–Crippen MR) is 78.7 cm³/mol. The summed E-state index contributed by atoms with van der Waals surface area (Å²) in [4.78, 5) is 27.4. The van der Waals surface area contributed by atoms with Gasteiger partial charge in [-0.1, -0.05) is 0 Å². The van der Waals surface area contributed by atoms with Crippen molar-refractivity contribution in [2.24, 2.45) is 0 Å². The van der Waals surface area contributed by atoms with Gasteiger partial charge in [-0.2, -0.15) is 0 Å². The molecule has 100 valence electrons. The van der Waals surface area contributed by atoms with E-state index in [1.165, 1.54) is 0 Å². The van der Waals surface area contributed by atoms with E-state index in [4.69, 9.17) is 0 Å². The average molecular weight is 332 g/mol. The maximum Gasteiger partial charge on any atom is 0.255 e. The Balaban J connectivity index is 1.79. The summed E-state index contributed by atoms with van der Waals surface area (Å²) in [6.07, 6.45) is 1.89. The molecule has 0 spiro atoms. The van der Waals surface area contributed by atoms with Crippen molar-refractivity contribution in [3.05, 3.63) is 52.3 Å². The fourth-order valence-corrected chi connectivity index (χ4v) is 2.26. The maximum atomic E-state index is 12.1. The number of hydrogen-bond acceptors (Lipinski definition) is 3. The van der Waals surface area contributed by atoms with Crippen molar-refractivity contribution < 1.29 is 9.59 Å². The standard InChI is InChI=1S/C14H10BrN3O2/c15-12-4-2-10(7-16-12)17-14(20)8-1-3-11-9(5-8)6-13(19)18-11/h1-5,7H,6H2,(H,17,20)(H,18,19). The Labute approximate surface area is 123 Å². The Morgan fingerprint density at radius 3 is 2.90 bits per heavy atom. The molecule has 2 aromatic rings. The SMILES string of the molecule is O=C1Cc2cc(C(=O)Nc3ccc(Br)nc3)ccc2N1. The number of pyridine rings is 1. The normalized spacial score (nSPS) is 12.8. The molecule has 0 bridgehead atoms. The Morgan fingerprint density at radius 2 is 2.15 bits per heavy atom. The van der Waals surface area contributed by atoms with E-state index in [0.29, 0.717) is 22.3 Å². The van der Waals surface area contributed by atoms with Crippen molar-refractivity contribution in [1.29, 1.82) is 0 Å². The molecule has 1 aliphatic rings. The largest absolute Gasteiger partial charge is 0.326 e. The van der Waals surface area contributed by atoms with Crippen LogP contribution in [0.2, 0.25) is 0 Å². The highest BCUT2D eigenvalue weighted by atomic mass is 79.9. The Hall–Kier alpha value is -2.21. The topological polar surface area (TPSA) is 71.1 Å². The van der Waals surface area contributed by atoms with Crippen molar-refractivity contribution in [3.63, 3.8) is 0 Å². The van der Waals surface area contributed by atoms with Crippen molar-refractivity contribution in [2.45, 2.75) is 6.42 Å². The van der Waals surface area contributed by atoms with Crippen LogP contribution in [0, 0.1) is 0 Å². The summed E-state index contributed by atoms with van der Waals surface area (Å²) in [6, 6.07) is 8.67. The average Bonchev–Trinajstić information content (AvgIpc) is 2.80. The summed E-state index contributed by atoms with van der Waals surface area (Å²) in [5.74, 6) is -0.272. The van der Waals surface area contributed by atoms with Crippen LogP contribution in [0.25, 0.3) is 0 Å². The third kappa shape index (κ3) is 2.55. The van der Waals surface area contributed by atoms with Gasteiger partial charge in [0.15, 0.2) is 0 Å². The molecule has 6 heteroatoms. The van der Waals surface area contributed by atoms with E-state index in [9.17, 15) is 9.59 Å². The molecule has 5 nitrogen and oxygen atoms in total. The minimum atomic E-state index is -0.226. The second-order valence-corrected chi connectivity index (χ2v) is 5.23. The van der Waals surface area contributed by atoms with Crippen LogP contribution < -0.4 is 10.6 Å². The molecule has 0 fully saturated rings. The van der Waals surface area contributed by atoms with Gasteiger partial charge in [-0.25, -0.2) is 4.98 Å². The summed E-state index contributed by atoms with van der Waals surface area (Å²) < 4.78 is 0.706. The van der Waals surface area contributed by atoms with Crippen LogP contribution in [0.15, 0.2) is 41.1 Å². The number of nitrogens with zero attached hydrogens (tertiary/aromatic N) is 1. The number of nitrogens with one attached hydrogen (secondary N) is 2. The fraction of sp³-hybridized carbons (Fsp3) is 0.0714. The van der Waals surface area contributed by atoms with E-state index in [0.717, 1.165) is 11.3 Å². The molecule has 2 N–H and O–H groups in total. The number of amides is 2. The van der Waals surface area contributed by atoms with Crippen LogP contribution in [0.5, 0.6) is 0 Å². The Morgan fingerprint density at radius 1 is 1.30 bits per heavy atom. The number of carbonyl (C=O) groups excluding carboxylic acids is 2. The van der Waals surface area contributed by atoms with Gasteiger partial charge in [-0.15, -0.1) is 0 Å². The number of rotatable bonds is 2. The minimum absolute atomic E-state index is 0.0466. The molecule has 2 heterocycles. The molecule has 2 amide bonds. The summed E-state index contributed by atoms with van der Waals surface area (Å²) >= 11 is 3.23. The molecule has 0 saturated heterocycles. The van der Waals surface area contributed by atoms with E-state index in [2.05, 4.69) is 31.5 Å². The summed E-state index contributed by atoms with van der Waals surface area (Å²) in [5, 5.41) is 5.49. The first-order valence-corrected chi connectivity index (χ1v) is 6.77. The number of halogens is 1. The number of fused-ring (bicyclic) bond motifs is 1. The fourth-order valence-electron chi connectivity index (χ4n) is 2.02. The van der Waals surface area contributed by atoms with Gasteiger partial charge in [0, 0.05) is 11.3 Å². The van der Waals surface area contributed by atoms with E-state index < -0.39 is 0 Å². The Bertz CT molecular complexity index is 698. The van der Waals surface area contributed by atoms with Crippen LogP contribution in [0.3, 0.4) is 0 Å². The zero-order valence-corrected chi connectivity index (χ0v) is 11.9. The first-order chi connectivity index (χ1) is 9.61. The second-order valence-electron chi connectivity index (χ2n) is 4.42. The van der Waals surface area contributed by atoms with Crippen LogP contribution >= 0.6 is 15.9 Å². The molecule has 20 heavy (non-hydrogen) atoms. The lowest BCUT2D eigenvalue weighted by atomic mass is 10.1. The first-order valence-electron chi connectivity index (χ1n) is 5.97. The van der Waals surface area contributed by atoms with Crippen LogP contribution in [0.1, 0.15) is 15.9 Å². The minimum Gasteiger partial charge on any atom is -0.326 e. The summed E-state index contributed by atoms with van der Waals surface area (Å²) in [5.41, 5.74) is 2.75. The van der Waals surface area contributed by atoms with Crippen molar-refractivity contribution in [2.75, 3.05) is 10.6 Å². The number of anilines is 2. The molecular formula is C14H10BrN3O2. The zero-order chi connectivity index (χ0) is 14.1. The van der Waals surface area contributed by atoms with Gasteiger partial charge in [-0.3, -0.25) is 9.59 Å².